The molecule has 0 amide bonds. The summed E-state index contributed by atoms with van der Waals surface area (Å²) >= 11 is 3.43. The normalized spacial score (nSPS) is 23.3. The van der Waals surface area contributed by atoms with E-state index in [0.717, 1.165) is 28.1 Å². The molecule has 5 heteroatoms. The summed E-state index contributed by atoms with van der Waals surface area (Å²) < 4.78 is 3.02. The van der Waals surface area contributed by atoms with Crippen LogP contribution in [-0.4, -0.2) is 14.5 Å². The van der Waals surface area contributed by atoms with Crippen molar-refractivity contribution in [1.82, 2.24) is 14.5 Å². The first kappa shape index (κ1) is 13.9. The monoisotopic (exact) mass is 336 g/mol. The van der Waals surface area contributed by atoms with E-state index in [2.05, 4.69) is 37.4 Å². The van der Waals surface area contributed by atoms with Crippen LogP contribution in [0.1, 0.15) is 39.0 Å². The third kappa shape index (κ3) is 2.68. The minimum Gasteiger partial charge on any atom is -0.369 e. The third-order valence-corrected chi connectivity index (χ3v) is 5.00. The van der Waals surface area contributed by atoms with Gasteiger partial charge in [0.2, 0.25) is 5.95 Å². The number of anilines is 1. The van der Waals surface area contributed by atoms with Crippen molar-refractivity contribution in [3.63, 3.8) is 0 Å². The van der Waals surface area contributed by atoms with Gasteiger partial charge in [-0.25, -0.2) is 9.97 Å². The number of pyridine rings is 1. The van der Waals surface area contributed by atoms with Crippen molar-refractivity contribution < 1.29 is 0 Å². The second kappa shape index (κ2) is 5.72. The molecule has 0 atom stereocenters. The molecule has 20 heavy (non-hydrogen) atoms. The van der Waals surface area contributed by atoms with Crippen molar-refractivity contribution in [2.75, 3.05) is 5.73 Å². The van der Waals surface area contributed by atoms with Gasteiger partial charge in [0.25, 0.3) is 0 Å². The van der Waals surface area contributed by atoms with E-state index in [0.29, 0.717) is 11.9 Å². The van der Waals surface area contributed by atoms with Crippen LogP contribution < -0.4 is 5.73 Å². The summed E-state index contributed by atoms with van der Waals surface area (Å²) in [6.07, 6.45) is 8.44. The van der Waals surface area contributed by atoms with Crippen LogP contribution in [0.4, 0.5) is 5.95 Å². The maximum atomic E-state index is 6.07. The lowest BCUT2D eigenvalue weighted by Crippen LogP contribution is -2.19. The molecule has 3 rings (SSSR count). The van der Waals surface area contributed by atoms with Crippen molar-refractivity contribution >= 4 is 33.0 Å². The van der Waals surface area contributed by atoms with Crippen LogP contribution >= 0.6 is 15.9 Å². The first-order valence-corrected chi connectivity index (χ1v) is 8.24. The van der Waals surface area contributed by atoms with Gasteiger partial charge in [-0.2, -0.15) is 0 Å². The molecule has 0 unspecified atom stereocenters. The molecule has 4 nitrogen and oxygen atoms in total. The van der Waals surface area contributed by atoms with Crippen molar-refractivity contribution in [2.45, 2.75) is 45.6 Å². The number of hydrogen-bond acceptors (Lipinski definition) is 3. The average Bonchev–Trinajstić information content (AvgIpc) is 2.75. The first-order valence-electron chi connectivity index (χ1n) is 7.44. The van der Waals surface area contributed by atoms with Crippen molar-refractivity contribution in [2.24, 2.45) is 11.8 Å². The Kier molecular flexibility index (Phi) is 3.96. The first-order chi connectivity index (χ1) is 9.67. The quantitative estimate of drug-likeness (QED) is 0.921. The minimum atomic E-state index is 0.586. The Labute approximate surface area is 127 Å². The van der Waals surface area contributed by atoms with Gasteiger partial charge in [0.05, 0.1) is 0 Å². The molecule has 108 valence electrons. The van der Waals surface area contributed by atoms with E-state index >= 15 is 0 Å². The zero-order valence-corrected chi connectivity index (χ0v) is 13.4. The van der Waals surface area contributed by atoms with E-state index in [1.807, 2.05) is 12.3 Å². The van der Waals surface area contributed by atoms with E-state index in [9.17, 15) is 0 Å². The summed E-state index contributed by atoms with van der Waals surface area (Å²) in [6.45, 7) is 3.25. The van der Waals surface area contributed by atoms with Crippen LogP contribution in [0, 0.1) is 11.8 Å². The molecule has 0 aromatic carbocycles. The molecular weight excluding hydrogens is 316 g/mol. The van der Waals surface area contributed by atoms with Crippen LogP contribution in [0.2, 0.25) is 0 Å². The summed E-state index contributed by atoms with van der Waals surface area (Å²) in [5, 5.41) is 0. The molecule has 0 aliphatic heterocycles. The third-order valence-electron chi connectivity index (χ3n) is 4.57. The van der Waals surface area contributed by atoms with Gasteiger partial charge < -0.3 is 5.73 Å². The van der Waals surface area contributed by atoms with Gasteiger partial charge >= 0.3 is 0 Å². The number of hydrogen-bond donors (Lipinski definition) is 1. The number of imidazole rings is 1. The zero-order valence-electron chi connectivity index (χ0n) is 11.8. The van der Waals surface area contributed by atoms with Crippen molar-refractivity contribution in [3.8, 4) is 0 Å². The second-order valence-electron chi connectivity index (χ2n) is 5.87. The number of nitrogen functional groups attached to an aromatic ring is 1. The van der Waals surface area contributed by atoms with Gasteiger partial charge in [-0.1, -0.05) is 26.2 Å². The minimum absolute atomic E-state index is 0.586. The Morgan fingerprint density at radius 3 is 2.70 bits per heavy atom. The molecule has 0 spiro atoms. The molecule has 1 saturated carbocycles. The fraction of sp³-hybridized carbons (Fsp3) is 0.600. The Morgan fingerprint density at radius 1 is 1.30 bits per heavy atom. The van der Waals surface area contributed by atoms with E-state index < -0.39 is 0 Å². The Hall–Kier alpha value is -1.10. The van der Waals surface area contributed by atoms with Gasteiger partial charge in [-0.3, -0.25) is 4.57 Å². The summed E-state index contributed by atoms with van der Waals surface area (Å²) in [4.78, 5) is 8.89. The van der Waals surface area contributed by atoms with E-state index in [-0.39, 0.29) is 0 Å². The molecule has 1 aliphatic carbocycles. The highest BCUT2D eigenvalue weighted by Crippen LogP contribution is 2.32. The van der Waals surface area contributed by atoms with Crippen LogP contribution in [0.3, 0.4) is 0 Å². The van der Waals surface area contributed by atoms with Gasteiger partial charge in [-0.05, 0) is 46.7 Å². The predicted molar refractivity (Wildman–Crippen MR) is 85.4 cm³/mol. The predicted octanol–water partition coefficient (Wildman–Crippen LogP) is 3.99. The highest BCUT2D eigenvalue weighted by Gasteiger charge is 2.22. The maximum Gasteiger partial charge on any atom is 0.202 e. The van der Waals surface area contributed by atoms with Crippen LogP contribution in [0.25, 0.3) is 11.2 Å². The van der Waals surface area contributed by atoms with Crippen LogP contribution in [0.5, 0.6) is 0 Å². The number of aromatic nitrogens is 3. The number of nitrogens with zero attached hydrogens (tertiary/aromatic N) is 3. The lowest BCUT2D eigenvalue weighted by molar-refractivity contribution is 0.250. The molecule has 2 aromatic rings. The fourth-order valence-corrected chi connectivity index (χ4v) is 3.58. The number of halogens is 1. The van der Waals surface area contributed by atoms with Crippen molar-refractivity contribution in [1.29, 1.82) is 0 Å². The van der Waals surface area contributed by atoms with Gasteiger partial charge in [0.1, 0.15) is 5.52 Å². The molecule has 0 bridgehead atoms. The van der Waals surface area contributed by atoms with Crippen LogP contribution in [-0.2, 0) is 6.54 Å². The molecule has 1 aliphatic rings. The molecular formula is C15H21BrN4. The highest BCUT2D eigenvalue weighted by molar-refractivity contribution is 9.10. The standard InChI is InChI=1S/C15H21BrN4/c1-2-10-3-5-11(6-4-10)9-20-14-13(19-15(20)17)7-12(16)8-18-14/h7-8,10-11H,2-6,9H2,1H3,(H2,17,19). The maximum absolute atomic E-state index is 6.07. The molecule has 1 fully saturated rings. The summed E-state index contributed by atoms with van der Waals surface area (Å²) in [7, 11) is 0. The number of rotatable bonds is 3. The zero-order chi connectivity index (χ0) is 14.1. The number of nitrogens with two attached hydrogens (primary N) is 1. The molecule has 0 radical (unpaired) electrons. The van der Waals surface area contributed by atoms with Gasteiger partial charge in [-0.15, -0.1) is 0 Å². The van der Waals surface area contributed by atoms with E-state index in [1.54, 1.807) is 0 Å². The van der Waals surface area contributed by atoms with E-state index in [4.69, 9.17) is 5.73 Å². The molecule has 2 N–H and O–H groups in total. The van der Waals surface area contributed by atoms with Gasteiger partial charge in [0, 0.05) is 17.2 Å². The molecule has 0 saturated heterocycles. The van der Waals surface area contributed by atoms with Crippen molar-refractivity contribution in [3.05, 3.63) is 16.7 Å². The summed E-state index contributed by atoms with van der Waals surface area (Å²) in [6, 6.07) is 1.98. The lowest BCUT2D eigenvalue weighted by atomic mass is 9.81. The summed E-state index contributed by atoms with van der Waals surface area (Å²) in [5.74, 6) is 2.23. The average molecular weight is 337 g/mol. The Balaban J connectivity index is 1.79. The highest BCUT2D eigenvalue weighted by atomic mass is 79.9. The topological polar surface area (TPSA) is 56.7 Å². The Morgan fingerprint density at radius 2 is 2.00 bits per heavy atom. The van der Waals surface area contributed by atoms with Crippen LogP contribution in [0.15, 0.2) is 16.7 Å². The fourth-order valence-electron chi connectivity index (χ4n) is 3.26. The van der Waals surface area contributed by atoms with E-state index in [1.165, 1.54) is 32.1 Å². The summed E-state index contributed by atoms with van der Waals surface area (Å²) in [5.41, 5.74) is 7.85. The number of fused-ring (bicyclic) bond motifs is 1. The molecule has 2 aromatic heterocycles. The second-order valence-corrected chi connectivity index (χ2v) is 6.79. The Bertz CT molecular complexity index is 599. The largest absolute Gasteiger partial charge is 0.369 e. The SMILES string of the molecule is CCC1CCC(Cn2c(N)nc3cc(Br)cnc32)CC1. The molecule has 2 heterocycles. The smallest absolute Gasteiger partial charge is 0.202 e. The van der Waals surface area contributed by atoms with Gasteiger partial charge in [0.15, 0.2) is 5.65 Å². The lowest BCUT2D eigenvalue weighted by Gasteiger charge is -2.28.